The number of hydrogen-bond donors (Lipinski definition) is 2. The first-order valence-corrected chi connectivity index (χ1v) is 30.9. The van der Waals surface area contributed by atoms with E-state index in [-0.39, 0.29) is 38.6 Å². The van der Waals surface area contributed by atoms with E-state index in [1.807, 2.05) is 0 Å². The van der Waals surface area contributed by atoms with Crippen molar-refractivity contribution in [3.63, 3.8) is 0 Å². The van der Waals surface area contributed by atoms with Crippen molar-refractivity contribution >= 4 is 19.8 Å². The standard InChI is InChI=1S/C61H110NO8P/c1-3-5-7-9-11-13-15-17-19-21-23-25-26-27-28-29-30-31-32-34-35-37-39-41-43-45-47-49-51-53-60(63)67-57-59(58-69-71(65,66)68-56-55-62)70-61(64)54-52-50-48-46-44-42-40-38-36-33-24-22-20-18-16-14-12-10-8-6-4-2/h6,8,12,14,18,20,24,33,38,40,44,46,59H,3-5,7,9-11,13,15-17,19,21-23,25-32,34-37,39,41-43,45,47-58,62H2,1-2H3,(H,65,66)/b8-6-,14-12-,20-18-,33-24-,40-38-,46-44-. The predicted molar refractivity (Wildman–Crippen MR) is 302 cm³/mol. The third-order valence-electron chi connectivity index (χ3n) is 12.6. The summed E-state index contributed by atoms with van der Waals surface area (Å²) >= 11 is 0. The van der Waals surface area contributed by atoms with Crippen LogP contribution in [-0.4, -0.2) is 49.3 Å². The Bertz CT molecular complexity index is 1390. The third kappa shape index (κ3) is 56.6. The highest BCUT2D eigenvalue weighted by Gasteiger charge is 2.26. The highest BCUT2D eigenvalue weighted by Crippen LogP contribution is 2.43. The van der Waals surface area contributed by atoms with Crippen molar-refractivity contribution in [2.45, 2.75) is 277 Å². The van der Waals surface area contributed by atoms with Crippen LogP contribution in [0.3, 0.4) is 0 Å². The van der Waals surface area contributed by atoms with E-state index in [4.69, 9.17) is 24.3 Å². The second-order valence-electron chi connectivity index (χ2n) is 19.5. The van der Waals surface area contributed by atoms with E-state index >= 15 is 0 Å². The van der Waals surface area contributed by atoms with E-state index in [2.05, 4.69) is 86.8 Å². The predicted octanol–water partition coefficient (Wildman–Crippen LogP) is 18.5. The van der Waals surface area contributed by atoms with Crippen LogP contribution in [0.2, 0.25) is 0 Å². The quantitative estimate of drug-likeness (QED) is 0.0264. The fourth-order valence-electron chi connectivity index (χ4n) is 8.29. The number of esters is 2. The summed E-state index contributed by atoms with van der Waals surface area (Å²) in [6.45, 7) is 3.61. The summed E-state index contributed by atoms with van der Waals surface area (Å²) in [5.74, 6) is -0.872. The van der Waals surface area contributed by atoms with Gasteiger partial charge in [-0.25, -0.2) is 4.57 Å². The number of rotatable bonds is 55. The van der Waals surface area contributed by atoms with E-state index in [0.29, 0.717) is 6.42 Å². The average Bonchev–Trinajstić information content (AvgIpc) is 3.36. The molecular formula is C61H110NO8P. The molecule has 9 nitrogen and oxygen atoms in total. The van der Waals surface area contributed by atoms with Gasteiger partial charge < -0.3 is 20.1 Å². The molecule has 71 heavy (non-hydrogen) atoms. The lowest BCUT2D eigenvalue weighted by atomic mass is 10.0. The van der Waals surface area contributed by atoms with Gasteiger partial charge in [0.1, 0.15) is 6.61 Å². The topological polar surface area (TPSA) is 134 Å². The zero-order valence-corrected chi connectivity index (χ0v) is 46.8. The molecule has 412 valence electrons. The summed E-state index contributed by atoms with van der Waals surface area (Å²) in [5.41, 5.74) is 5.38. The lowest BCUT2D eigenvalue weighted by molar-refractivity contribution is -0.161. The first-order valence-electron chi connectivity index (χ1n) is 29.4. The highest BCUT2D eigenvalue weighted by molar-refractivity contribution is 7.47. The van der Waals surface area contributed by atoms with Gasteiger partial charge in [0, 0.05) is 19.4 Å². The average molecular weight is 1020 g/mol. The number of allylic oxidation sites excluding steroid dienone is 12. The molecule has 2 unspecified atom stereocenters. The minimum Gasteiger partial charge on any atom is -0.462 e. The largest absolute Gasteiger partial charge is 0.472 e. The van der Waals surface area contributed by atoms with Gasteiger partial charge in [-0.1, -0.05) is 267 Å². The molecule has 0 amide bonds. The number of carbonyl (C=O) groups is 2. The Morgan fingerprint density at radius 1 is 0.437 bits per heavy atom. The van der Waals surface area contributed by atoms with Crippen LogP contribution in [0.4, 0.5) is 0 Å². The van der Waals surface area contributed by atoms with Gasteiger partial charge in [0.2, 0.25) is 0 Å². The molecule has 0 bridgehead atoms. The molecule has 0 spiro atoms. The van der Waals surface area contributed by atoms with Crippen molar-refractivity contribution in [2.24, 2.45) is 5.73 Å². The number of phosphoric ester groups is 1. The van der Waals surface area contributed by atoms with Crippen LogP contribution >= 0.6 is 7.82 Å². The number of phosphoric acid groups is 1. The molecule has 0 aromatic heterocycles. The molecule has 0 fully saturated rings. The third-order valence-corrected chi connectivity index (χ3v) is 13.6. The number of nitrogens with two attached hydrogens (primary N) is 1. The van der Waals surface area contributed by atoms with Crippen LogP contribution in [0.5, 0.6) is 0 Å². The molecule has 0 saturated heterocycles. The number of carbonyl (C=O) groups excluding carboxylic acids is 2. The normalized spacial score (nSPS) is 13.6. The van der Waals surface area contributed by atoms with Gasteiger partial charge in [-0.15, -0.1) is 0 Å². The van der Waals surface area contributed by atoms with Gasteiger partial charge in [-0.2, -0.15) is 0 Å². The smallest absolute Gasteiger partial charge is 0.462 e. The van der Waals surface area contributed by atoms with Crippen LogP contribution in [-0.2, 0) is 32.7 Å². The summed E-state index contributed by atoms with van der Waals surface area (Å²) in [7, 11) is -4.40. The van der Waals surface area contributed by atoms with E-state index < -0.39 is 26.5 Å². The van der Waals surface area contributed by atoms with Crippen molar-refractivity contribution in [1.82, 2.24) is 0 Å². The SMILES string of the molecule is CC/C=C\C/C=C\C/C=C\C/C=C\C/C=C\C/C=C\CCCCC(=O)OC(COC(=O)CCCCCCCCCCCCCCCCCCCCCCCCCCCCCCC)COP(=O)(O)OCCN. The maximum atomic E-state index is 12.7. The van der Waals surface area contributed by atoms with Crippen LogP contribution in [0, 0.1) is 0 Å². The van der Waals surface area contributed by atoms with Crippen molar-refractivity contribution < 1.29 is 37.6 Å². The van der Waals surface area contributed by atoms with Gasteiger partial charge in [0.15, 0.2) is 6.10 Å². The van der Waals surface area contributed by atoms with Gasteiger partial charge in [0.25, 0.3) is 0 Å². The van der Waals surface area contributed by atoms with Crippen molar-refractivity contribution in [2.75, 3.05) is 26.4 Å². The maximum absolute atomic E-state index is 12.7. The maximum Gasteiger partial charge on any atom is 0.472 e. The fourth-order valence-corrected chi connectivity index (χ4v) is 9.05. The molecule has 0 aliphatic carbocycles. The van der Waals surface area contributed by atoms with Crippen LogP contribution < -0.4 is 5.73 Å². The van der Waals surface area contributed by atoms with Gasteiger partial charge in [-0.05, 0) is 64.2 Å². The van der Waals surface area contributed by atoms with E-state index in [1.165, 1.54) is 167 Å². The monoisotopic (exact) mass is 1020 g/mol. The van der Waals surface area contributed by atoms with E-state index in [9.17, 15) is 19.0 Å². The van der Waals surface area contributed by atoms with Gasteiger partial charge in [-0.3, -0.25) is 18.6 Å². The van der Waals surface area contributed by atoms with Gasteiger partial charge in [0.05, 0.1) is 13.2 Å². The summed E-state index contributed by atoms with van der Waals surface area (Å²) < 4.78 is 33.0. The molecule has 0 aromatic rings. The lowest BCUT2D eigenvalue weighted by Gasteiger charge is -2.19. The molecule has 0 radical (unpaired) electrons. The molecule has 3 N–H and O–H groups in total. The Morgan fingerprint density at radius 2 is 0.775 bits per heavy atom. The highest BCUT2D eigenvalue weighted by atomic mass is 31.2. The minimum absolute atomic E-state index is 0.0439. The van der Waals surface area contributed by atoms with Crippen molar-refractivity contribution in [3.05, 3.63) is 72.9 Å². The minimum atomic E-state index is -4.40. The Morgan fingerprint density at radius 3 is 1.15 bits per heavy atom. The fraction of sp³-hybridized carbons (Fsp3) is 0.770. The second kappa shape index (κ2) is 56.7. The molecule has 10 heteroatoms. The Labute approximate surface area is 437 Å². The Balaban J connectivity index is 3.97. The molecule has 0 rings (SSSR count). The van der Waals surface area contributed by atoms with Crippen LogP contribution in [0.25, 0.3) is 0 Å². The molecule has 0 saturated carbocycles. The number of hydrogen-bond acceptors (Lipinski definition) is 8. The number of ether oxygens (including phenoxy) is 2. The Kier molecular flexibility index (Phi) is 54.7. The number of unbranched alkanes of at least 4 members (excludes halogenated alkanes) is 30. The summed E-state index contributed by atoms with van der Waals surface area (Å²) in [6, 6.07) is 0. The molecule has 0 heterocycles. The second-order valence-corrected chi connectivity index (χ2v) is 20.9. The first-order chi connectivity index (χ1) is 34.8. The zero-order chi connectivity index (χ0) is 51.7. The van der Waals surface area contributed by atoms with Crippen molar-refractivity contribution in [3.8, 4) is 0 Å². The molecule has 0 aliphatic rings. The first kappa shape index (κ1) is 68.5. The van der Waals surface area contributed by atoms with E-state index in [0.717, 1.165) is 70.6 Å². The van der Waals surface area contributed by atoms with Gasteiger partial charge >= 0.3 is 19.8 Å². The molecule has 2 atom stereocenters. The van der Waals surface area contributed by atoms with E-state index in [1.54, 1.807) is 0 Å². The summed E-state index contributed by atoms with van der Waals surface area (Å²) in [4.78, 5) is 35.2. The molecular weight excluding hydrogens is 906 g/mol. The van der Waals surface area contributed by atoms with Crippen LogP contribution in [0.15, 0.2) is 72.9 Å². The molecule has 0 aromatic carbocycles. The molecule has 0 aliphatic heterocycles. The lowest BCUT2D eigenvalue weighted by Crippen LogP contribution is -2.29. The van der Waals surface area contributed by atoms with Crippen molar-refractivity contribution in [1.29, 1.82) is 0 Å². The Hall–Kier alpha value is -2.55. The zero-order valence-electron chi connectivity index (χ0n) is 45.9. The summed E-state index contributed by atoms with van der Waals surface area (Å²) in [6.07, 6.45) is 72.6. The summed E-state index contributed by atoms with van der Waals surface area (Å²) in [5, 5.41) is 0. The van der Waals surface area contributed by atoms with Crippen LogP contribution in [0.1, 0.15) is 271 Å².